The molecule has 1 atom stereocenters. The monoisotopic (exact) mass is 471 g/mol. The summed E-state index contributed by atoms with van der Waals surface area (Å²) < 4.78 is 6.80. The number of pyridine rings is 2. The Hall–Kier alpha value is -3.57. The van der Waals surface area contributed by atoms with Crippen LogP contribution in [0.25, 0.3) is 11.4 Å². The van der Waals surface area contributed by atoms with E-state index in [2.05, 4.69) is 30.9 Å². The molecular formula is C21H22ClN7O4. The van der Waals surface area contributed by atoms with E-state index in [4.69, 9.17) is 16.3 Å². The van der Waals surface area contributed by atoms with Crippen LogP contribution in [-0.2, 0) is 16.6 Å². The molecule has 12 heteroatoms. The maximum atomic E-state index is 12.5. The highest BCUT2D eigenvalue weighted by Gasteiger charge is 2.33. The molecule has 172 valence electrons. The third-order valence-electron chi connectivity index (χ3n) is 5.31. The van der Waals surface area contributed by atoms with Crippen molar-refractivity contribution in [1.29, 1.82) is 0 Å². The third-order valence-corrected chi connectivity index (χ3v) is 5.63. The van der Waals surface area contributed by atoms with Crippen LogP contribution in [0.5, 0.6) is 0 Å². The molecule has 0 radical (unpaired) electrons. The number of hydrogen-bond acceptors (Lipinski definition) is 8. The van der Waals surface area contributed by atoms with Gasteiger partial charge in [0.2, 0.25) is 5.91 Å². The molecule has 0 aliphatic heterocycles. The largest absolute Gasteiger partial charge is 0.441 e. The average molecular weight is 472 g/mol. The Morgan fingerprint density at radius 2 is 2.03 bits per heavy atom. The van der Waals surface area contributed by atoms with Gasteiger partial charge in [-0.2, -0.15) is 0 Å². The number of aliphatic hydroxyl groups is 1. The van der Waals surface area contributed by atoms with E-state index in [-0.39, 0.29) is 22.8 Å². The van der Waals surface area contributed by atoms with Crippen molar-refractivity contribution in [3.63, 3.8) is 0 Å². The number of anilines is 2. The Labute approximate surface area is 194 Å². The standard InChI is InChI=1S/C21H22ClN7O4/c1-11(15-4-3-7-23-18(15)22)33-21(32)26-19-17(27-28-29(19)2)16-6-5-13(10-24-16)25-20(31)12-8-14(30)9-12/h3-7,10-12,14,30H,8-9H2,1-2H3,(H,25,31)(H,26,32)/t11-,12-,14-/m1/s1. The number of hydrogen-bond donors (Lipinski definition) is 3. The third kappa shape index (κ3) is 5.10. The van der Waals surface area contributed by atoms with Crippen LogP contribution in [0.1, 0.15) is 31.4 Å². The van der Waals surface area contributed by atoms with Gasteiger partial charge < -0.3 is 15.2 Å². The SMILES string of the molecule is C[C@@H](OC(=O)Nc1c(-c2ccc(NC(=O)[C@H]3C[C@H](O)C3)cn2)nnn1C)c1cccnc1Cl. The smallest absolute Gasteiger partial charge is 0.413 e. The van der Waals surface area contributed by atoms with E-state index in [0.717, 1.165) is 0 Å². The summed E-state index contributed by atoms with van der Waals surface area (Å²) in [6, 6.07) is 6.76. The van der Waals surface area contributed by atoms with Crippen molar-refractivity contribution < 1.29 is 19.4 Å². The number of carbonyl (C=O) groups is 2. The maximum Gasteiger partial charge on any atom is 0.413 e. The van der Waals surface area contributed by atoms with Crippen molar-refractivity contribution >= 4 is 35.1 Å². The quantitative estimate of drug-likeness (QED) is 0.465. The lowest BCUT2D eigenvalue weighted by molar-refractivity contribution is -0.126. The van der Waals surface area contributed by atoms with Crippen LogP contribution in [0.4, 0.5) is 16.3 Å². The normalized spacial score (nSPS) is 18.2. The molecule has 1 fully saturated rings. The van der Waals surface area contributed by atoms with Crippen molar-refractivity contribution in [2.75, 3.05) is 10.6 Å². The summed E-state index contributed by atoms with van der Waals surface area (Å²) in [5.41, 5.74) is 1.87. The highest BCUT2D eigenvalue weighted by Crippen LogP contribution is 2.29. The van der Waals surface area contributed by atoms with E-state index in [1.54, 1.807) is 44.4 Å². The summed E-state index contributed by atoms with van der Waals surface area (Å²) in [5, 5.41) is 23.0. The van der Waals surface area contributed by atoms with Crippen molar-refractivity contribution in [3.05, 3.63) is 47.4 Å². The molecule has 0 bridgehead atoms. The molecule has 1 aliphatic carbocycles. The van der Waals surface area contributed by atoms with Crippen LogP contribution in [-0.4, -0.2) is 48.2 Å². The molecule has 33 heavy (non-hydrogen) atoms. The molecule has 3 aromatic heterocycles. The van der Waals surface area contributed by atoms with E-state index in [1.165, 1.54) is 10.9 Å². The lowest BCUT2D eigenvalue weighted by Gasteiger charge is -2.29. The second kappa shape index (κ2) is 9.51. The zero-order valence-electron chi connectivity index (χ0n) is 17.9. The first kappa shape index (κ1) is 22.6. The van der Waals surface area contributed by atoms with Gasteiger partial charge in [-0.3, -0.25) is 15.1 Å². The Kier molecular flexibility index (Phi) is 6.52. The van der Waals surface area contributed by atoms with Gasteiger partial charge in [0, 0.05) is 24.7 Å². The van der Waals surface area contributed by atoms with Crippen LogP contribution in [0.2, 0.25) is 5.15 Å². The van der Waals surface area contributed by atoms with Gasteiger partial charge in [-0.05, 0) is 38.0 Å². The first-order valence-electron chi connectivity index (χ1n) is 10.2. The molecule has 3 heterocycles. The van der Waals surface area contributed by atoms with E-state index < -0.39 is 18.3 Å². The number of amides is 2. The summed E-state index contributed by atoms with van der Waals surface area (Å²) in [6.07, 6.45) is 2.22. The number of aliphatic hydroxyl groups excluding tert-OH is 1. The average Bonchev–Trinajstić information content (AvgIpc) is 3.12. The van der Waals surface area contributed by atoms with Gasteiger partial charge in [0.1, 0.15) is 11.3 Å². The molecule has 2 amide bonds. The number of nitrogens with one attached hydrogen (secondary N) is 2. The molecule has 1 aliphatic rings. The number of ether oxygens (including phenoxy) is 1. The minimum Gasteiger partial charge on any atom is -0.441 e. The number of halogens is 1. The van der Waals surface area contributed by atoms with Crippen molar-refractivity contribution in [2.45, 2.75) is 32.0 Å². The number of aromatic nitrogens is 5. The molecule has 0 unspecified atom stereocenters. The summed E-state index contributed by atoms with van der Waals surface area (Å²) in [7, 11) is 1.62. The lowest BCUT2D eigenvalue weighted by Crippen LogP contribution is -2.37. The first-order valence-corrected chi connectivity index (χ1v) is 10.6. The fraction of sp³-hybridized carbons (Fsp3) is 0.333. The van der Waals surface area contributed by atoms with Gasteiger partial charge in [0.25, 0.3) is 0 Å². The van der Waals surface area contributed by atoms with Crippen LogP contribution in [0, 0.1) is 5.92 Å². The summed E-state index contributed by atoms with van der Waals surface area (Å²) in [5.74, 6) is -0.0510. The Morgan fingerprint density at radius 1 is 1.24 bits per heavy atom. The fourth-order valence-electron chi connectivity index (χ4n) is 3.38. The molecule has 3 N–H and O–H groups in total. The van der Waals surface area contributed by atoms with E-state index in [9.17, 15) is 14.7 Å². The lowest BCUT2D eigenvalue weighted by atomic mass is 9.82. The second-order valence-electron chi connectivity index (χ2n) is 7.71. The molecule has 4 rings (SSSR count). The molecule has 1 saturated carbocycles. The van der Waals surface area contributed by atoms with Crippen LogP contribution >= 0.6 is 11.6 Å². The predicted octanol–water partition coefficient (Wildman–Crippen LogP) is 2.94. The van der Waals surface area contributed by atoms with Gasteiger partial charge in [-0.15, -0.1) is 5.10 Å². The Bertz CT molecular complexity index is 1160. The minimum absolute atomic E-state index is 0.151. The second-order valence-corrected chi connectivity index (χ2v) is 8.07. The van der Waals surface area contributed by atoms with Crippen LogP contribution < -0.4 is 10.6 Å². The number of carbonyl (C=O) groups excluding carboxylic acids is 2. The van der Waals surface area contributed by atoms with Crippen molar-refractivity contribution in [1.82, 2.24) is 25.0 Å². The predicted molar refractivity (Wildman–Crippen MR) is 119 cm³/mol. The summed E-state index contributed by atoms with van der Waals surface area (Å²) >= 11 is 6.06. The van der Waals surface area contributed by atoms with Gasteiger partial charge >= 0.3 is 6.09 Å². The van der Waals surface area contributed by atoms with E-state index >= 15 is 0 Å². The highest BCUT2D eigenvalue weighted by molar-refractivity contribution is 6.30. The molecule has 0 aromatic carbocycles. The summed E-state index contributed by atoms with van der Waals surface area (Å²) in [4.78, 5) is 32.9. The molecular weight excluding hydrogens is 450 g/mol. The minimum atomic E-state index is -0.722. The number of nitrogens with zero attached hydrogens (tertiary/aromatic N) is 5. The molecule has 0 saturated heterocycles. The molecule has 3 aromatic rings. The zero-order valence-corrected chi connectivity index (χ0v) is 18.7. The fourth-order valence-corrected chi connectivity index (χ4v) is 3.65. The van der Waals surface area contributed by atoms with Gasteiger partial charge in [-0.1, -0.05) is 22.9 Å². The first-order chi connectivity index (χ1) is 15.8. The molecule has 11 nitrogen and oxygen atoms in total. The van der Waals surface area contributed by atoms with Gasteiger partial charge in [-0.25, -0.2) is 14.5 Å². The van der Waals surface area contributed by atoms with Gasteiger partial charge in [0.05, 0.1) is 23.7 Å². The Morgan fingerprint density at radius 3 is 2.70 bits per heavy atom. The van der Waals surface area contributed by atoms with Crippen molar-refractivity contribution in [2.24, 2.45) is 13.0 Å². The van der Waals surface area contributed by atoms with E-state index in [1.807, 2.05) is 0 Å². The maximum absolute atomic E-state index is 12.5. The van der Waals surface area contributed by atoms with Gasteiger partial charge in [0.15, 0.2) is 11.5 Å². The van der Waals surface area contributed by atoms with E-state index in [0.29, 0.717) is 35.5 Å². The van der Waals surface area contributed by atoms with Crippen LogP contribution in [0.3, 0.4) is 0 Å². The molecule has 0 spiro atoms. The zero-order chi connectivity index (χ0) is 23.5. The number of rotatable bonds is 6. The van der Waals surface area contributed by atoms with Crippen molar-refractivity contribution in [3.8, 4) is 11.4 Å². The Balaban J connectivity index is 1.42. The highest BCUT2D eigenvalue weighted by atomic mass is 35.5. The topological polar surface area (TPSA) is 144 Å². The summed E-state index contributed by atoms with van der Waals surface area (Å²) in [6.45, 7) is 1.68. The number of aryl methyl sites for hydroxylation is 1. The van der Waals surface area contributed by atoms with Crippen LogP contribution in [0.15, 0.2) is 36.7 Å².